The van der Waals surface area contributed by atoms with Gasteiger partial charge in [0, 0.05) is 37.3 Å². The van der Waals surface area contributed by atoms with Crippen LogP contribution in [0.3, 0.4) is 0 Å². The number of methoxy groups -OCH3 is 2. The fourth-order valence-electron chi connectivity index (χ4n) is 4.09. The number of fused-ring (bicyclic) bond motifs is 1. The lowest BCUT2D eigenvalue weighted by atomic mass is 9.98. The van der Waals surface area contributed by atoms with E-state index in [2.05, 4.69) is 10.2 Å². The molecule has 1 aromatic heterocycles. The number of amides is 1. The Morgan fingerprint density at radius 1 is 1.00 bits per heavy atom. The number of hydrogen-bond donors (Lipinski definition) is 1. The average Bonchev–Trinajstić information content (AvgIpc) is 2.87. The molecule has 3 aromatic rings. The van der Waals surface area contributed by atoms with Gasteiger partial charge in [-0.25, -0.2) is 0 Å². The standard InChI is InChI=1S/C27H28N2O7/c1-17(30)28-21-6-4-18(5-7-21)24(32)15-36-27-16-35-22(12-23(27)31)14-29-9-8-19-10-25(33-2)26(34-3)11-20(19)13-29/h4-7,10-12,16H,8-9,13-15H2,1-3H3,(H,28,30). The normalized spacial score (nSPS) is 13.0. The van der Waals surface area contributed by atoms with Gasteiger partial charge in [-0.05, 0) is 53.9 Å². The van der Waals surface area contributed by atoms with Crippen LogP contribution in [0.1, 0.15) is 34.2 Å². The quantitative estimate of drug-likeness (QED) is 0.453. The zero-order chi connectivity index (χ0) is 25.7. The van der Waals surface area contributed by atoms with E-state index in [4.69, 9.17) is 18.6 Å². The number of nitrogens with zero attached hydrogens (tertiary/aromatic N) is 1. The number of carbonyl (C=O) groups is 2. The third-order valence-electron chi connectivity index (χ3n) is 5.91. The first kappa shape index (κ1) is 25.0. The third-order valence-corrected chi connectivity index (χ3v) is 5.91. The van der Waals surface area contributed by atoms with Gasteiger partial charge in [0.1, 0.15) is 12.0 Å². The summed E-state index contributed by atoms with van der Waals surface area (Å²) in [6.45, 7) is 3.05. The number of anilines is 1. The van der Waals surface area contributed by atoms with E-state index in [-0.39, 0.29) is 29.5 Å². The molecule has 9 nitrogen and oxygen atoms in total. The van der Waals surface area contributed by atoms with E-state index in [1.165, 1.54) is 24.8 Å². The highest BCUT2D eigenvalue weighted by Gasteiger charge is 2.20. The minimum Gasteiger partial charge on any atom is -0.493 e. The van der Waals surface area contributed by atoms with Crippen LogP contribution in [-0.4, -0.2) is 44.0 Å². The summed E-state index contributed by atoms with van der Waals surface area (Å²) >= 11 is 0. The molecule has 1 amide bonds. The molecule has 0 aliphatic carbocycles. The van der Waals surface area contributed by atoms with Gasteiger partial charge in [-0.2, -0.15) is 0 Å². The zero-order valence-corrected chi connectivity index (χ0v) is 20.5. The monoisotopic (exact) mass is 492 g/mol. The van der Waals surface area contributed by atoms with Gasteiger partial charge in [-0.3, -0.25) is 19.3 Å². The van der Waals surface area contributed by atoms with E-state index in [0.717, 1.165) is 18.5 Å². The summed E-state index contributed by atoms with van der Waals surface area (Å²) in [4.78, 5) is 38.2. The SMILES string of the molecule is COc1cc2c(cc1OC)CN(Cc1cc(=O)c(OCC(=O)c3ccc(NC(C)=O)cc3)co1)CC2. The van der Waals surface area contributed by atoms with E-state index in [0.29, 0.717) is 41.6 Å². The van der Waals surface area contributed by atoms with Crippen LogP contribution in [0.25, 0.3) is 0 Å². The maximum atomic E-state index is 12.5. The second-order valence-electron chi connectivity index (χ2n) is 8.48. The lowest BCUT2D eigenvalue weighted by molar-refractivity contribution is -0.114. The number of benzene rings is 2. The molecular weight excluding hydrogens is 464 g/mol. The summed E-state index contributed by atoms with van der Waals surface area (Å²) in [6, 6.07) is 11.8. The second kappa shape index (κ2) is 11.1. The summed E-state index contributed by atoms with van der Waals surface area (Å²) in [7, 11) is 3.23. The molecule has 2 aromatic carbocycles. The maximum Gasteiger partial charge on any atom is 0.227 e. The lowest BCUT2D eigenvalue weighted by Crippen LogP contribution is -2.30. The fourth-order valence-corrected chi connectivity index (χ4v) is 4.09. The number of ether oxygens (including phenoxy) is 3. The number of nitrogens with one attached hydrogen (secondary N) is 1. The summed E-state index contributed by atoms with van der Waals surface area (Å²) < 4.78 is 21.9. The van der Waals surface area contributed by atoms with Crippen molar-refractivity contribution in [3.63, 3.8) is 0 Å². The number of carbonyl (C=O) groups excluding carboxylic acids is 2. The first-order chi connectivity index (χ1) is 17.4. The Labute approximate surface area is 208 Å². The molecule has 0 spiro atoms. The van der Waals surface area contributed by atoms with Crippen LogP contribution in [0, 0.1) is 0 Å². The highest BCUT2D eigenvalue weighted by Crippen LogP contribution is 2.33. The van der Waals surface area contributed by atoms with E-state index in [1.54, 1.807) is 38.5 Å². The van der Waals surface area contributed by atoms with Crippen molar-refractivity contribution in [2.24, 2.45) is 0 Å². The van der Waals surface area contributed by atoms with Crippen molar-refractivity contribution in [3.8, 4) is 17.2 Å². The third kappa shape index (κ3) is 5.92. The molecule has 0 saturated carbocycles. The molecule has 1 aliphatic rings. The molecule has 9 heteroatoms. The summed E-state index contributed by atoms with van der Waals surface area (Å²) in [5.74, 6) is 1.39. The van der Waals surface area contributed by atoms with Gasteiger partial charge in [-0.15, -0.1) is 0 Å². The predicted octanol–water partition coefficient (Wildman–Crippen LogP) is 3.44. The molecule has 0 unspecified atom stereocenters. The topological polar surface area (TPSA) is 107 Å². The number of ketones is 1. The summed E-state index contributed by atoms with van der Waals surface area (Å²) in [5, 5.41) is 2.64. The fraction of sp³-hybridized carbons (Fsp3) is 0.296. The van der Waals surface area contributed by atoms with E-state index >= 15 is 0 Å². The molecule has 4 rings (SSSR count). The van der Waals surface area contributed by atoms with Crippen molar-refractivity contribution < 1.29 is 28.2 Å². The van der Waals surface area contributed by atoms with Crippen molar-refractivity contribution in [2.45, 2.75) is 26.4 Å². The first-order valence-electron chi connectivity index (χ1n) is 11.5. The van der Waals surface area contributed by atoms with Crippen molar-refractivity contribution in [1.82, 2.24) is 4.90 Å². The predicted molar refractivity (Wildman–Crippen MR) is 133 cm³/mol. The Morgan fingerprint density at radius 2 is 1.69 bits per heavy atom. The average molecular weight is 493 g/mol. The van der Waals surface area contributed by atoms with Crippen LogP contribution in [-0.2, 0) is 24.3 Å². The molecular formula is C27H28N2O7. The second-order valence-corrected chi connectivity index (χ2v) is 8.48. The summed E-state index contributed by atoms with van der Waals surface area (Å²) in [5.41, 5.74) is 3.00. The van der Waals surface area contributed by atoms with Gasteiger partial charge in [0.05, 0.1) is 20.8 Å². The van der Waals surface area contributed by atoms with Crippen LogP contribution in [0.2, 0.25) is 0 Å². The minimum absolute atomic E-state index is 0.0252. The van der Waals surface area contributed by atoms with Gasteiger partial charge in [0.15, 0.2) is 23.9 Å². The smallest absolute Gasteiger partial charge is 0.227 e. The maximum absolute atomic E-state index is 12.5. The van der Waals surface area contributed by atoms with Crippen molar-refractivity contribution in [1.29, 1.82) is 0 Å². The molecule has 0 fully saturated rings. The molecule has 0 atom stereocenters. The molecule has 188 valence electrons. The minimum atomic E-state index is -0.353. The lowest BCUT2D eigenvalue weighted by Gasteiger charge is -2.29. The van der Waals surface area contributed by atoms with Gasteiger partial charge >= 0.3 is 0 Å². The Bertz CT molecular complexity index is 1310. The van der Waals surface area contributed by atoms with Gasteiger partial charge in [-0.1, -0.05) is 0 Å². The van der Waals surface area contributed by atoms with E-state index < -0.39 is 0 Å². The van der Waals surface area contributed by atoms with E-state index in [1.807, 2.05) is 12.1 Å². The number of rotatable bonds is 9. The van der Waals surface area contributed by atoms with Crippen molar-refractivity contribution in [3.05, 3.63) is 81.4 Å². The summed E-state index contributed by atoms with van der Waals surface area (Å²) in [6.07, 6.45) is 2.09. The van der Waals surface area contributed by atoms with Crippen LogP contribution >= 0.6 is 0 Å². The highest BCUT2D eigenvalue weighted by molar-refractivity contribution is 5.98. The molecule has 0 bridgehead atoms. The van der Waals surface area contributed by atoms with Crippen molar-refractivity contribution in [2.75, 3.05) is 32.7 Å². The molecule has 36 heavy (non-hydrogen) atoms. The number of hydrogen-bond acceptors (Lipinski definition) is 8. The Balaban J connectivity index is 1.35. The number of Topliss-reactive ketones (excluding diaryl/α,β-unsaturated/α-hetero) is 1. The van der Waals surface area contributed by atoms with Crippen LogP contribution in [0.4, 0.5) is 5.69 Å². The zero-order valence-electron chi connectivity index (χ0n) is 20.5. The van der Waals surface area contributed by atoms with Crippen LogP contribution in [0.15, 0.2) is 57.9 Å². The molecule has 2 heterocycles. The van der Waals surface area contributed by atoms with E-state index in [9.17, 15) is 14.4 Å². The Hall–Kier alpha value is -4.11. The largest absolute Gasteiger partial charge is 0.493 e. The molecule has 1 N–H and O–H groups in total. The molecule has 1 aliphatic heterocycles. The van der Waals surface area contributed by atoms with Crippen LogP contribution < -0.4 is 25.0 Å². The molecule has 0 saturated heterocycles. The van der Waals surface area contributed by atoms with Crippen LogP contribution in [0.5, 0.6) is 17.2 Å². The van der Waals surface area contributed by atoms with Gasteiger partial charge in [0.25, 0.3) is 0 Å². The van der Waals surface area contributed by atoms with Crippen molar-refractivity contribution >= 4 is 17.4 Å². The highest BCUT2D eigenvalue weighted by atomic mass is 16.5. The first-order valence-corrected chi connectivity index (χ1v) is 11.5. The Kier molecular flexibility index (Phi) is 7.70. The van der Waals surface area contributed by atoms with Gasteiger partial charge in [0.2, 0.25) is 17.1 Å². The van der Waals surface area contributed by atoms with Gasteiger partial charge < -0.3 is 23.9 Å². The molecule has 0 radical (unpaired) electrons. The Morgan fingerprint density at radius 3 is 2.33 bits per heavy atom.